The number of methoxy groups -OCH3 is 1. The topological polar surface area (TPSA) is 114 Å². The van der Waals surface area contributed by atoms with Crippen LogP contribution in [0, 0.1) is 12.8 Å². The SMILES string of the molecule is COc1ccc(S(=O)(=O)NCCNC(=O)C(CC(C)C)NC(=O)c2ccccc2C)cc1. The first kappa shape index (κ1) is 25.4. The lowest BCUT2D eigenvalue weighted by atomic mass is 10.0. The van der Waals surface area contributed by atoms with E-state index in [-0.39, 0.29) is 35.7 Å². The molecule has 0 fully saturated rings. The molecule has 0 heterocycles. The molecule has 0 spiro atoms. The second-order valence-corrected chi connectivity index (χ2v) is 9.60. The van der Waals surface area contributed by atoms with Crippen molar-refractivity contribution in [3.05, 3.63) is 59.7 Å². The van der Waals surface area contributed by atoms with E-state index in [1.54, 1.807) is 24.3 Å². The van der Waals surface area contributed by atoms with Crippen LogP contribution >= 0.6 is 0 Å². The molecule has 0 aromatic heterocycles. The summed E-state index contributed by atoms with van der Waals surface area (Å²) in [6, 6.07) is 12.4. The van der Waals surface area contributed by atoms with Crippen LogP contribution in [0.5, 0.6) is 5.75 Å². The Morgan fingerprint density at radius 2 is 1.66 bits per heavy atom. The van der Waals surface area contributed by atoms with Crippen LogP contribution in [0.25, 0.3) is 0 Å². The lowest BCUT2D eigenvalue weighted by molar-refractivity contribution is -0.123. The number of hydrogen-bond donors (Lipinski definition) is 3. The van der Waals surface area contributed by atoms with Gasteiger partial charge < -0.3 is 15.4 Å². The van der Waals surface area contributed by atoms with E-state index in [2.05, 4.69) is 15.4 Å². The van der Waals surface area contributed by atoms with Gasteiger partial charge in [0.25, 0.3) is 5.91 Å². The summed E-state index contributed by atoms with van der Waals surface area (Å²) >= 11 is 0. The highest BCUT2D eigenvalue weighted by Crippen LogP contribution is 2.15. The molecule has 0 saturated carbocycles. The molecule has 8 nitrogen and oxygen atoms in total. The quantitative estimate of drug-likeness (QED) is 0.444. The van der Waals surface area contributed by atoms with Crippen LogP contribution in [0.3, 0.4) is 0 Å². The molecular weight excluding hydrogens is 430 g/mol. The van der Waals surface area contributed by atoms with Gasteiger partial charge in [0.15, 0.2) is 0 Å². The molecular formula is C23H31N3O5S. The number of carbonyl (C=O) groups excluding carboxylic acids is 2. The summed E-state index contributed by atoms with van der Waals surface area (Å²) in [5, 5.41) is 5.50. The van der Waals surface area contributed by atoms with Gasteiger partial charge in [-0.1, -0.05) is 32.0 Å². The lowest BCUT2D eigenvalue weighted by Gasteiger charge is -2.21. The zero-order valence-corrected chi connectivity index (χ0v) is 19.7. The normalized spacial score (nSPS) is 12.3. The third kappa shape index (κ3) is 7.35. The van der Waals surface area contributed by atoms with E-state index < -0.39 is 16.1 Å². The first-order valence-corrected chi connectivity index (χ1v) is 11.9. The molecule has 1 unspecified atom stereocenters. The Kier molecular flexibility index (Phi) is 9.22. The van der Waals surface area contributed by atoms with Crippen LogP contribution in [0.1, 0.15) is 36.2 Å². The first-order valence-electron chi connectivity index (χ1n) is 10.4. The van der Waals surface area contributed by atoms with E-state index in [9.17, 15) is 18.0 Å². The fourth-order valence-electron chi connectivity index (χ4n) is 3.10. The Balaban J connectivity index is 1.92. The Labute approximate surface area is 189 Å². The minimum atomic E-state index is -3.71. The average molecular weight is 462 g/mol. The van der Waals surface area contributed by atoms with Gasteiger partial charge in [0.2, 0.25) is 15.9 Å². The molecule has 0 radical (unpaired) electrons. The minimum absolute atomic E-state index is 0.0141. The molecule has 0 saturated heterocycles. The summed E-state index contributed by atoms with van der Waals surface area (Å²) in [6.07, 6.45) is 0.459. The predicted octanol–water partition coefficient (Wildman–Crippen LogP) is 2.24. The van der Waals surface area contributed by atoms with Gasteiger partial charge in [-0.2, -0.15) is 0 Å². The van der Waals surface area contributed by atoms with Crippen molar-refractivity contribution in [3.63, 3.8) is 0 Å². The van der Waals surface area contributed by atoms with Crippen LogP contribution < -0.4 is 20.1 Å². The molecule has 2 aromatic rings. The van der Waals surface area contributed by atoms with Crippen LogP contribution in [-0.4, -0.2) is 46.5 Å². The second kappa shape index (κ2) is 11.6. The Morgan fingerprint density at radius 1 is 1.00 bits per heavy atom. The summed E-state index contributed by atoms with van der Waals surface area (Å²) in [7, 11) is -2.21. The van der Waals surface area contributed by atoms with Crippen LogP contribution in [-0.2, 0) is 14.8 Å². The smallest absolute Gasteiger partial charge is 0.252 e. The summed E-state index contributed by atoms with van der Waals surface area (Å²) in [5.74, 6) is 0.0602. The molecule has 0 aliphatic carbocycles. The number of ether oxygens (including phenoxy) is 1. The number of aryl methyl sites for hydroxylation is 1. The molecule has 2 aromatic carbocycles. The van der Waals surface area contributed by atoms with Crippen molar-refractivity contribution in [2.75, 3.05) is 20.2 Å². The maximum Gasteiger partial charge on any atom is 0.252 e. The molecule has 3 N–H and O–H groups in total. The van der Waals surface area contributed by atoms with Crippen LogP contribution in [0.4, 0.5) is 0 Å². The van der Waals surface area contributed by atoms with E-state index >= 15 is 0 Å². The summed E-state index contributed by atoms with van der Waals surface area (Å²) in [6.45, 7) is 5.86. The van der Waals surface area contributed by atoms with Crippen molar-refractivity contribution in [2.24, 2.45) is 5.92 Å². The number of hydrogen-bond acceptors (Lipinski definition) is 5. The van der Waals surface area contributed by atoms with E-state index in [0.29, 0.717) is 17.7 Å². The van der Waals surface area contributed by atoms with Crippen LogP contribution in [0.2, 0.25) is 0 Å². The van der Waals surface area contributed by atoms with Crippen molar-refractivity contribution >= 4 is 21.8 Å². The number of sulfonamides is 1. The average Bonchev–Trinajstić information content (AvgIpc) is 2.76. The van der Waals surface area contributed by atoms with Gasteiger partial charge >= 0.3 is 0 Å². The molecule has 9 heteroatoms. The third-order valence-electron chi connectivity index (χ3n) is 4.80. The number of carbonyl (C=O) groups is 2. The molecule has 174 valence electrons. The van der Waals surface area contributed by atoms with Gasteiger partial charge in [0.05, 0.1) is 12.0 Å². The van der Waals surface area contributed by atoms with Gasteiger partial charge in [-0.15, -0.1) is 0 Å². The third-order valence-corrected chi connectivity index (χ3v) is 6.28. The predicted molar refractivity (Wildman–Crippen MR) is 123 cm³/mol. The standard InChI is InChI=1S/C23H31N3O5S/c1-16(2)15-21(26-22(27)20-8-6-5-7-17(20)3)23(28)24-13-14-25-32(29,30)19-11-9-18(31-4)10-12-19/h5-12,16,21,25H,13-15H2,1-4H3,(H,24,28)(H,26,27). The number of benzene rings is 2. The highest BCUT2D eigenvalue weighted by Gasteiger charge is 2.23. The fraction of sp³-hybridized carbons (Fsp3) is 0.391. The van der Waals surface area contributed by atoms with Crippen molar-refractivity contribution in [1.29, 1.82) is 0 Å². The van der Waals surface area contributed by atoms with Gasteiger partial charge in [-0.05, 0) is 55.2 Å². The summed E-state index contributed by atoms with van der Waals surface area (Å²) in [4.78, 5) is 25.4. The molecule has 0 bridgehead atoms. The van der Waals surface area contributed by atoms with Crippen molar-refractivity contribution < 1.29 is 22.7 Å². The largest absolute Gasteiger partial charge is 0.497 e. The number of rotatable bonds is 11. The number of amides is 2. The summed E-state index contributed by atoms with van der Waals surface area (Å²) in [5.41, 5.74) is 1.34. The molecule has 0 aliphatic rings. The maximum atomic E-state index is 12.7. The Bertz CT molecular complexity index is 1020. The minimum Gasteiger partial charge on any atom is -0.497 e. The number of nitrogens with one attached hydrogen (secondary N) is 3. The summed E-state index contributed by atoms with van der Waals surface area (Å²) < 4.78 is 32.2. The van der Waals surface area contributed by atoms with Crippen molar-refractivity contribution in [3.8, 4) is 5.75 Å². The monoisotopic (exact) mass is 461 g/mol. The second-order valence-electron chi connectivity index (χ2n) is 7.83. The zero-order valence-electron chi connectivity index (χ0n) is 18.8. The Morgan fingerprint density at radius 3 is 2.25 bits per heavy atom. The highest BCUT2D eigenvalue weighted by molar-refractivity contribution is 7.89. The maximum absolute atomic E-state index is 12.7. The van der Waals surface area contributed by atoms with Crippen molar-refractivity contribution in [2.45, 2.75) is 38.1 Å². The van der Waals surface area contributed by atoms with E-state index in [1.165, 1.54) is 19.2 Å². The van der Waals surface area contributed by atoms with Crippen molar-refractivity contribution in [1.82, 2.24) is 15.4 Å². The zero-order chi connectivity index (χ0) is 23.7. The van der Waals surface area contributed by atoms with Gasteiger partial charge in [-0.25, -0.2) is 13.1 Å². The fourth-order valence-corrected chi connectivity index (χ4v) is 4.13. The molecule has 2 rings (SSSR count). The first-order chi connectivity index (χ1) is 15.1. The van der Waals surface area contributed by atoms with E-state index in [4.69, 9.17) is 4.74 Å². The van der Waals surface area contributed by atoms with E-state index in [1.807, 2.05) is 32.9 Å². The van der Waals surface area contributed by atoms with Gasteiger partial charge in [-0.3, -0.25) is 9.59 Å². The van der Waals surface area contributed by atoms with Crippen LogP contribution in [0.15, 0.2) is 53.4 Å². The van der Waals surface area contributed by atoms with Gasteiger partial charge in [0.1, 0.15) is 11.8 Å². The molecule has 32 heavy (non-hydrogen) atoms. The lowest BCUT2D eigenvalue weighted by Crippen LogP contribution is -2.48. The van der Waals surface area contributed by atoms with E-state index in [0.717, 1.165) is 5.56 Å². The highest BCUT2D eigenvalue weighted by atomic mass is 32.2. The molecule has 0 aliphatic heterocycles. The molecule has 2 amide bonds. The molecule has 1 atom stereocenters. The Hall–Kier alpha value is -2.91. The van der Waals surface area contributed by atoms with Gasteiger partial charge in [0, 0.05) is 18.7 Å².